The van der Waals surface area contributed by atoms with Crippen LogP contribution in [0.4, 0.5) is 0 Å². The smallest absolute Gasteiger partial charge is 0.227 e. The molecule has 0 aromatic rings. The highest BCUT2D eigenvalue weighted by molar-refractivity contribution is 5.80. The quantitative estimate of drug-likeness (QED) is 0.830. The van der Waals surface area contributed by atoms with E-state index in [-0.39, 0.29) is 30.0 Å². The number of nitrogens with zero attached hydrogens (tertiary/aromatic N) is 1. The van der Waals surface area contributed by atoms with E-state index < -0.39 is 0 Å². The number of morpholine rings is 1. The Morgan fingerprint density at radius 1 is 1.37 bits per heavy atom. The number of rotatable bonds is 2. The van der Waals surface area contributed by atoms with Crippen LogP contribution in [0.3, 0.4) is 0 Å². The van der Waals surface area contributed by atoms with Gasteiger partial charge >= 0.3 is 0 Å². The molecule has 0 aromatic heterocycles. The van der Waals surface area contributed by atoms with Crippen LogP contribution in [0.15, 0.2) is 0 Å². The normalized spacial score (nSPS) is 40.2. The molecule has 5 atom stereocenters. The maximum Gasteiger partial charge on any atom is 0.227 e. The highest BCUT2D eigenvalue weighted by Crippen LogP contribution is 2.30. The lowest BCUT2D eigenvalue weighted by Crippen LogP contribution is -2.56. The topological polar surface area (TPSA) is 55.6 Å². The number of nitrogens with two attached hydrogens (primary N) is 1. The summed E-state index contributed by atoms with van der Waals surface area (Å²) < 4.78 is 5.67. The van der Waals surface area contributed by atoms with Gasteiger partial charge < -0.3 is 15.4 Å². The van der Waals surface area contributed by atoms with E-state index in [0.717, 1.165) is 32.2 Å². The second kappa shape index (κ2) is 6.23. The molecule has 2 aliphatic rings. The lowest BCUT2D eigenvalue weighted by Gasteiger charge is -2.42. The molecule has 1 saturated carbocycles. The lowest BCUT2D eigenvalue weighted by molar-refractivity contribution is -0.150. The Balaban J connectivity index is 2.07. The van der Waals surface area contributed by atoms with Crippen molar-refractivity contribution in [2.45, 2.75) is 64.6 Å². The Morgan fingerprint density at radius 2 is 2.11 bits per heavy atom. The molecule has 110 valence electrons. The highest BCUT2D eigenvalue weighted by Gasteiger charge is 2.38. The van der Waals surface area contributed by atoms with Crippen molar-refractivity contribution in [1.29, 1.82) is 0 Å². The molecule has 2 N–H and O–H groups in total. The van der Waals surface area contributed by atoms with Crippen LogP contribution in [0.1, 0.15) is 46.5 Å². The van der Waals surface area contributed by atoms with Gasteiger partial charge in [0.05, 0.1) is 24.7 Å². The van der Waals surface area contributed by atoms with Gasteiger partial charge in [-0.3, -0.25) is 4.79 Å². The molecule has 1 heterocycles. The van der Waals surface area contributed by atoms with Crippen molar-refractivity contribution in [1.82, 2.24) is 4.90 Å². The van der Waals surface area contributed by atoms with Crippen molar-refractivity contribution in [3.05, 3.63) is 0 Å². The summed E-state index contributed by atoms with van der Waals surface area (Å²) in [4.78, 5) is 14.9. The van der Waals surface area contributed by atoms with Crippen molar-refractivity contribution in [3.8, 4) is 0 Å². The predicted octanol–water partition coefficient (Wildman–Crippen LogP) is 1.78. The van der Waals surface area contributed by atoms with Gasteiger partial charge in [0, 0.05) is 12.6 Å². The second-order valence-electron chi connectivity index (χ2n) is 6.29. The van der Waals surface area contributed by atoms with Gasteiger partial charge in [-0.25, -0.2) is 0 Å². The maximum absolute atomic E-state index is 12.8. The average molecular weight is 268 g/mol. The largest absolute Gasteiger partial charge is 0.375 e. The highest BCUT2D eigenvalue weighted by atomic mass is 16.5. The van der Waals surface area contributed by atoms with E-state index in [0.29, 0.717) is 12.5 Å². The van der Waals surface area contributed by atoms with Crippen LogP contribution in [0.5, 0.6) is 0 Å². The molecule has 1 aliphatic carbocycles. The molecule has 0 spiro atoms. The van der Waals surface area contributed by atoms with E-state index in [2.05, 4.69) is 13.8 Å². The molecule has 1 saturated heterocycles. The second-order valence-corrected chi connectivity index (χ2v) is 6.29. The molecule has 1 amide bonds. The average Bonchev–Trinajstić information content (AvgIpc) is 2.41. The van der Waals surface area contributed by atoms with E-state index in [1.807, 2.05) is 11.8 Å². The van der Waals surface area contributed by atoms with Gasteiger partial charge in [0.15, 0.2) is 0 Å². The van der Waals surface area contributed by atoms with Crippen molar-refractivity contribution in [2.75, 3.05) is 13.2 Å². The lowest BCUT2D eigenvalue weighted by atomic mass is 9.77. The molecule has 5 unspecified atom stereocenters. The van der Waals surface area contributed by atoms with Crippen molar-refractivity contribution in [3.63, 3.8) is 0 Å². The zero-order valence-electron chi connectivity index (χ0n) is 12.5. The summed E-state index contributed by atoms with van der Waals surface area (Å²) in [7, 11) is 0. The molecular weight excluding hydrogens is 240 g/mol. The van der Waals surface area contributed by atoms with Gasteiger partial charge in [0.25, 0.3) is 0 Å². The first-order chi connectivity index (χ1) is 9.04. The Labute approximate surface area is 116 Å². The zero-order valence-corrected chi connectivity index (χ0v) is 12.5. The Kier molecular flexibility index (Phi) is 4.85. The van der Waals surface area contributed by atoms with Gasteiger partial charge in [-0.15, -0.1) is 0 Å². The van der Waals surface area contributed by atoms with Crippen LogP contribution in [0, 0.1) is 11.8 Å². The zero-order chi connectivity index (χ0) is 14.0. The third-order valence-electron chi connectivity index (χ3n) is 4.84. The van der Waals surface area contributed by atoms with Crippen LogP contribution < -0.4 is 5.73 Å². The predicted molar refractivity (Wildman–Crippen MR) is 75.7 cm³/mol. The van der Waals surface area contributed by atoms with E-state index >= 15 is 0 Å². The maximum atomic E-state index is 12.8. The minimum atomic E-state index is 0.0168. The molecule has 4 heteroatoms. The first-order valence-electron chi connectivity index (χ1n) is 7.72. The summed E-state index contributed by atoms with van der Waals surface area (Å²) in [6.45, 7) is 7.71. The molecule has 2 rings (SSSR count). The SMILES string of the molecule is CCC1COC(C)CN1C(=O)C1CCCC(C)C1N. The van der Waals surface area contributed by atoms with Gasteiger partial charge in [0.1, 0.15) is 0 Å². The molecule has 0 radical (unpaired) electrons. The minimum absolute atomic E-state index is 0.0168. The van der Waals surface area contributed by atoms with E-state index in [4.69, 9.17) is 10.5 Å². The van der Waals surface area contributed by atoms with Crippen LogP contribution in [-0.2, 0) is 9.53 Å². The number of hydrogen-bond donors (Lipinski definition) is 1. The molecule has 1 aliphatic heterocycles. The number of hydrogen-bond acceptors (Lipinski definition) is 3. The Hall–Kier alpha value is -0.610. The van der Waals surface area contributed by atoms with Gasteiger partial charge in [-0.05, 0) is 32.1 Å². The number of amides is 1. The number of carbonyl (C=O) groups is 1. The van der Waals surface area contributed by atoms with Crippen LogP contribution >= 0.6 is 0 Å². The Morgan fingerprint density at radius 3 is 2.79 bits per heavy atom. The molecule has 0 bridgehead atoms. The van der Waals surface area contributed by atoms with Gasteiger partial charge in [0.2, 0.25) is 5.91 Å². The molecular formula is C15H28N2O2. The first-order valence-corrected chi connectivity index (χ1v) is 7.72. The fourth-order valence-electron chi connectivity index (χ4n) is 3.39. The monoisotopic (exact) mass is 268 g/mol. The molecule has 2 fully saturated rings. The number of ether oxygens (including phenoxy) is 1. The molecule has 19 heavy (non-hydrogen) atoms. The summed E-state index contributed by atoms with van der Waals surface area (Å²) >= 11 is 0. The first kappa shape index (κ1) is 14.8. The van der Waals surface area contributed by atoms with Crippen LogP contribution in [-0.4, -0.2) is 42.1 Å². The van der Waals surface area contributed by atoms with Crippen LogP contribution in [0.2, 0.25) is 0 Å². The molecule has 4 nitrogen and oxygen atoms in total. The summed E-state index contributed by atoms with van der Waals surface area (Å²) in [5, 5.41) is 0. The summed E-state index contributed by atoms with van der Waals surface area (Å²) in [6, 6.07) is 0.255. The van der Waals surface area contributed by atoms with E-state index in [9.17, 15) is 4.79 Å². The third-order valence-corrected chi connectivity index (χ3v) is 4.84. The van der Waals surface area contributed by atoms with Gasteiger partial charge in [-0.2, -0.15) is 0 Å². The Bertz CT molecular complexity index is 321. The van der Waals surface area contributed by atoms with Crippen LogP contribution in [0.25, 0.3) is 0 Å². The summed E-state index contributed by atoms with van der Waals surface area (Å²) in [5.41, 5.74) is 6.27. The standard InChI is InChI=1S/C15H28N2O2/c1-4-12-9-19-11(3)8-17(12)15(18)13-7-5-6-10(2)14(13)16/h10-14H,4-9,16H2,1-3H3. The van der Waals surface area contributed by atoms with Crippen molar-refractivity contribution < 1.29 is 9.53 Å². The number of carbonyl (C=O) groups excluding carboxylic acids is 1. The van der Waals surface area contributed by atoms with Crippen molar-refractivity contribution in [2.24, 2.45) is 17.6 Å². The third kappa shape index (κ3) is 3.11. The summed E-state index contributed by atoms with van der Waals surface area (Å²) in [6.07, 6.45) is 4.33. The molecule has 0 aromatic carbocycles. The van der Waals surface area contributed by atoms with E-state index in [1.165, 1.54) is 0 Å². The summed E-state index contributed by atoms with van der Waals surface area (Å²) in [5.74, 6) is 0.741. The van der Waals surface area contributed by atoms with Crippen molar-refractivity contribution >= 4 is 5.91 Å². The minimum Gasteiger partial charge on any atom is -0.375 e. The fourth-order valence-corrected chi connectivity index (χ4v) is 3.39. The van der Waals surface area contributed by atoms with Gasteiger partial charge in [-0.1, -0.05) is 20.3 Å². The van der Waals surface area contributed by atoms with E-state index in [1.54, 1.807) is 0 Å². The fraction of sp³-hybridized carbons (Fsp3) is 0.933.